The third-order valence-corrected chi connectivity index (χ3v) is 2.84. The standard InChI is InChI=1S/C14H23NO4/c1-16-8-7-15-6-5-11-9-13(18-3)14(19-4)10-12(11)17-2/h9-10,15H,5-8H2,1-4H3. The number of hydrogen-bond donors (Lipinski definition) is 1. The Morgan fingerprint density at radius 3 is 2.05 bits per heavy atom. The maximum Gasteiger partial charge on any atom is 0.164 e. The van der Waals surface area contributed by atoms with Crippen LogP contribution in [0.15, 0.2) is 12.1 Å². The second-order valence-electron chi connectivity index (χ2n) is 4.01. The van der Waals surface area contributed by atoms with E-state index in [1.54, 1.807) is 28.4 Å². The van der Waals surface area contributed by atoms with Gasteiger partial charge in [0, 0.05) is 19.7 Å². The van der Waals surface area contributed by atoms with Crippen LogP contribution in [0, 0.1) is 0 Å². The molecule has 5 nitrogen and oxygen atoms in total. The van der Waals surface area contributed by atoms with Crippen molar-refractivity contribution in [3.8, 4) is 17.2 Å². The molecule has 0 saturated heterocycles. The summed E-state index contributed by atoms with van der Waals surface area (Å²) in [6.07, 6.45) is 0.854. The van der Waals surface area contributed by atoms with E-state index in [1.807, 2.05) is 12.1 Å². The van der Waals surface area contributed by atoms with Crippen LogP contribution >= 0.6 is 0 Å². The van der Waals surface area contributed by atoms with Crippen LogP contribution in [-0.4, -0.2) is 48.1 Å². The Morgan fingerprint density at radius 2 is 1.47 bits per heavy atom. The summed E-state index contributed by atoms with van der Waals surface area (Å²) in [6, 6.07) is 3.80. The summed E-state index contributed by atoms with van der Waals surface area (Å²) in [4.78, 5) is 0. The summed E-state index contributed by atoms with van der Waals surface area (Å²) in [7, 11) is 6.59. The van der Waals surface area contributed by atoms with Crippen molar-refractivity contribution >= 4 is 0 Å². The Kier molecular flexibility index (Phi) is 7.07. The Hall–Kier alpha value is -1.46. The van der Waals surface area contributed by atoms with E-state index in [-0.39, 0.29) is 0 Å². The summed E-state index contributed by atoms with van der Waals surface area (Å²) < 4.78 is 20.9. The van der Waals surface area contributed by atoms with Crippen molar-refractivity contribution in [2.75, 3.05) is 48.1 Å². The van der Waals surface area contributed by atoms with E-state index in [4.69, 9.17) is 18.9 Å². The van der Waals surface area contributed by atoms with Crippen LogP contribution in [0.25, 0.3) is 0 Å². The van der Waals surface area contributed by atoms with Crippen LogP contribution in [-0.2, 0) is 11.2 Å². The molecule has 0 aliphatic rings. The van der Waals surface area contributed by atoms with Gasteiger partial charge < -0.3 is 24.3 Å². The molecule has 0 spiro atoms. The van der Waals surface area contributed by atoms with Crippen LogP contribution in [0.5, 0.6) is 17.2 Å². The van der Waals surface area contributed by atoms with E-state index >= 15 is 0 Å². The first-order valence-corrected chi connectivity index (χ1v) is 6.25. The predicted octanol–water partition coefficient (Wildman–Crippen LogP) is 1.49. The van der Waals surface area contributed by atoms with Crippen LogP contribution < -0.4 is 19.5 Å². The zero-order valence-corrected chi connectivity index (χ0v) is 12.1. The van der Waals surface area contributed by atoms with Gasteiger partial charge in [0.1, 0.15) is 5.75 Å². The fourth-order valence-electron chi connectivity index (χ4n) is 1.81. The van der Waals surface area contributed by atoms with Crippen molar-refractivity contribution in [3.05, 3.63) is 17.7 Å². The van der Waals surface area contributed by atoms with Crippen LogP contribution in [0.4, 0.5) is 0 Å². The highest BCUT2D eigenvalue weighted by atomic mass is 16.5. The van der Waals surface area contributed by atoms with Crippen LogP contribution in [0.3, 0.4) is 0 Å². The molecule has 0 aliphatic carbocycles. The maximum absolute atomic E-state index is 5.38. The number of hydrogen-bond acceptors (Lipinski definition) is 5. The van der Waals surface area contributed by atoms with Gasteiger partial charge in [-0.1, -0.05) is 0 Å². The van der Waals surface area contributed by atoms with E-state index in [9.17, 15) is 0 Å². The zero-order valence-electron chi connectivity index (χ0n) is 12.1. The van der Waals surface area contributed by atoms with Gasteiger partial charge in [-0.05, 0) is 24.6 Å². The second kappa shape index (κ2) is 8.61. The molecule has 0 bridgehead atoms. The molecule has 5 heteroatoms. The molecule has 108 valence electrons. The van der Waals surface area contributed by atoms with Gasteiger partial charge in [0.15, 0.2) is 11.5 Å². The van der Waals surface area contributed by atoms with Gasteiger partial charge in [-0.2, -0.15) is 0 Å². The van der Waals surface area contributed by atoms with Gasteiger partial charge in [0.25, 0.3) is 0 Å². The summed E-state index contributed by atoms with van der Waals surface area (Å²) >= 11 is 0. The average Bonchev–Trinajstić information content (AvgIpc) is 2.46. The third-order valence-electron chi connectivity index (χ3n) is 2.84. The molecule has 0 amide bonds. The topological polar surface area (TPSA) is 49.0 Å². The minimum atomic E-state index is 0.676. The largest absolute Gasteiger partial charge is 0.496 e. The van der Waals surface area contributed by atoms with Crippen molar-refractivity contribution in [1.29, 1.82) is 0 Å². The van der Waals surface area contributed by atoms with Gasteiger partial charge >= 0.3 is 0 Å². The summed E-state index contributed by atoms with van der Waals surface area (Å²) in [5.41, 5.74) is 1.09. The summed E-state index contributed by atoms with van der Waals surface area (Å²) in [6.45, 7) is 2.41. The number of benzene rings is 1. The molecule has 1 aromatic rings. The van der Waals surface area contributed by atoms with Gasteiger partial charge in [0.2, 0.25) is 0 Å². The van der Waals surface area contributed by atoms with Gasteiger partial charge in [-0.25, -0.2) is 0 Å². The lowest BCUT2D eigenvalue weighted by Gasteiger charge is -2.14. The molecule has 1 aromatic carbocycles. The molecule has 0 fully saturated rings. The highest BCUT2D eigenvalue weighted by Gasteiger charge is 2.11. The first-order chi connectivity index (χ1) is 9.26. The molecule has 0 radical (unpaired) electrons. The van der Waals surface area contributed by atoms with Crippen molar-refractivity contribution in [3.63, 3.8) is 0 Å². The highest BCUT2D eigenvalue weighted by Crippen LogP contribution is 2.34. The summed E-state index contributed by atoms with van der Waals surface area (Å²) in [5, 5.41) is 3.30. The predicted molar refractivity (Wildman–Crippen MR) is 74.5 cm³/mol. The molecular formula is C14H23NO4. The molecule has 0 heterocycles. The monoisotopic (exact) mass is 269 g/mol. The summed E-state index contributed by atoms with van der Waals surface area (Å²) in [5.74, 6) is 2.21. The molecule has 1 N–H and O–H groups in total. The average molecular weight is 269 g/mol. The molecule has 0 aliphatic heterocycles. The SMILES string of the molecule is COCCNCCc1cc(OC)c(OC)cc1OC. The number of nitrogens with one attached hydrogen (secondary N) is 1. The van der Waals surface area contributed by atoms with Crippen molar-refractivity contribution in [1.82, 2.24) is 5.32 Å². The number of ether oxygens (including phenoxy) is 4. The molecule has 0 saturated carbocycles. The minimum absolute atomic E-state index is 0.676. The Morgan fingerprint density at radius 1 is 0.842 bits per heavy atom. The van der Waals surface area contributed by atoms with Gasteiger partial charge in [0.05, 0.1) is 27.9 Å². The maximum atomic E-state index is 5.38. The van der Waals surface area contributed by atoms with E-state index in [2.05, 4.69) is 5.32 Å². The van der Waals surface area contributed by atoms with Crippen LogP contribution in [0.2, 0.25) is 0 Å². The fraction of sp³-hybridized carbons (Fsp3) is 0.571. The smallest absolute Gasteiger partial charge is 0.164 e. The Bertz CT molecular complexity index is 382. The zero-order chi connectivity index (χ0) is 14.1. The third kappa shape index (κ3) is 4.61. The lowest BCUT2D eigenvalue weighted by molar-refractivity contribution is 0.199. The quantitative estimate of drug-likeness (QED) is 0.688. The van der Waals surface area contributed by atoms with Gasteiger partial charge in [-0.3, -0.25) is 0 Å². The minimum Gasteiger partial charge on any atom is -0.496 e. The fourth-order valence-corrected chi connectivity index (χ4v) is 1.81. The van der Waals surface area contributed by atoms with E-state index in [0.717, 1.165) is 36.6 Å². The molecule has 1 rings (SSSR count). The van der Waals surface area contributed by atoms with E-state index in [0.29, 0.717) is 12.4 Å². The van der Waals surface area contributed by atoms with Crippen molar-refractivity contribution in [2.24, 2.45) is 0 Å². The molecule has 0 unspecified atom stereocenters. The van der Waals surface area contributed by atoms with Crippen LogP contribution in [0.1, 0.15) is 5.56 Å². The van der Waals surface area contributed by atoms with E-state index in [1.165, 1.54) is 0 Å². The lowest BCUT2D eigenvalue weighted by atomic mass is 10.1. The normalized spacial score (nSPS) is 10.3. The van der Waals surface area contributed by atoms with Gasteiger partial charge in [-0.15, -0.1) is 0 Å². The molecular weight excluding hydrogens is 246 g/mol. The van der Waals surface area contributed by atoms with Crippen molar-refractivity contribution in [2.45, 2.75) is 6.42 Å². The number of methoxy groups -OCH3 is 4. The highest BCUT2D eigenvalue weighted by molar-refractivity contribution is 5.50. The first-order valence-electron chi connectivity index (χ1n) is 6.25. The molecule has 0 aromatic heterocycles. The molecule has 0 atom stereocenters. The first kappa shape index (κ1) is 15.6. The Balaban J connectivity index is 2.70. The number of rotatable bonds is 9. The lowest BCUT2D eigenvalue weighted by Crippen LogP contribution is -2.21. The van der Waals surface area contributed by atoms with Crippen molar-refractivity contribution < 1.29 is 18.9 Å². The second-order valence-corrected chi connectivity index (χ2v) is 4.01. The van der Waals surface area contributed by atoms with E-state index < -0.39 is 0 Å². The molecule has 19 heavy (non-hydrogen) atoms. The Labute approximate surface area is 114 Å².